The normalized spacial score (nSPS) is 22.8. The maximum absolute atomic E-state index is 6.50. The van der Waals surface area contributed by atoms with Crippen LogP contribution in [0.3, 0.4) is 0 Å². The molecule has 1 saturated heterocycles. The minimum atomic E-state index is 0.388. The highest BCUT2D eigenvalue weighted by Crippen LogP contribution is 2.33. The maximum atomic E-state index is 6.50. The van der Waals surface area contributed by atoms with Gasteiger partial charge in [-0.25, -0.2) is 9.97 Å². The van der Waals surface area contributed by atoms with Crippen molar-refractivity contribution in [3.05, 3.63) is 22.7 Å². The number of nitrogens with one attached hydrogen (secondary N) is 3. The Hall–Kier alpha value is -1.45. The van der Waals surface area contributed by atoms with Crippen LogP contribution in [0.4, 0.5) is 10.9 Å². The summed E-state index contributed by atoms with van der Waals surface area (Å²) in [6.45, 7) is 5.59. The van der Waals surface area contributed by atoms with Crippen molar-refractivity contribution in [2.24, 2.45) is 5.92 Å². The van der Waals surface area contributed by atoms with Gasteiger partial charge in [0, 0.05) is 62.1 Å². The molecule has 33 heavy (non-hydrogen) atoms. The van der Waals surface area contributed by atoms with E-state index in [0.717, 1.165) is 87.1 Å². The minimum absolute atomic E-state index is 0.388. The topological polar surface area (TPSA) is 80.3 Å². The zero-order valence-electron chi connectivity index (χ0n) is 19.6. The van der Waals surface area contributed by atoms with E-state index in [0.29, 0.717) is 29.1 Å². The summed E-state index contributed by atoms with van der Waals surface area (Å²) in [4.78, 5) is 9.31. The molecule has 2 aromatic rings. The van der Waals surface area contributed by atoms with Crippen LogP contribution in [-0.4, -0.2) is 61.6 Å². The second-order valence-corrected chi connectivity index (χ2v) is 10.5. The number of anilines is 2. The van der Waals surface area contributed by atoms with Crippen molar-refractivity contribution in [2.45, 2.75) is 63.6 Å². The van der Waals surface area contributed by atoms with Crippen LogP contribution >= 0.6 is 22.9 Å². The first-order valence-corrected chi connectivity index (χ1v) is 13.3. The molecule has 1 saturated carbocycles. The van der Waals surface area contributed by atoms with Gasteiger partial charge in [0.25, 0.3) is 0 Å². The lowest BCUT2D eigenvalue weighted by atomic mass is 9.90. The summed E-state index contributed by atoms with van der Waals surface area (Å²) >= 11 is 8.12. The highest BCUT2D eigenvalue weighted by molar-refractivity contribution is 7.14. The number of hydrogen-bond acceptors (Lipinski definition) is 8. The van der Waals surface area contributed by atoms with E-state index >= 15 is 0 Å². The Kier molecular flexibility index (Phi) is 9.20. The van der Waals surface area contributed by atoms with Crippen molar-refractivity contribution in [2.75, 3.05) is 44.1 Å². The third-order valence-electron chi connectivity index (χ3n) is 6.53. The molecule has 1 aliphatic heterocycles. The van der Waals surface area contributed by atoms with Gasteiger partial charge in [-0.15, -0.1) is 11.3 Å². The zero-order valence-corrected chi connectivity index (χ0v) is 21.2. The van der Waals surface area contributed by atoms with Crippen LogP contribution in [0.2, 0.25) is 5.02 Å². The average molecular weight is 494 g/mol. The third-order valence-corrected chi connectivity index (χ3v) is 7.64. The van der Waals surface area contributed by atoms with Crippen molar-refractivity contribution < 1.29 is 9.47 Å². The van der Waals surface area contributed by atoms with Crippen LogP contribution in [0, 0.1) is 5.92 Å². The average Bonchev–Trinajstić information content (AvgIpc) is 3.30. The van der Waals surface area contributed by atoms with E-state index in [2.05, 4.69) is 33.2 Å². The summed E-state index contributed by atoms with van der Waals surface area (Å²) in [6.07, 6.45) is 8.50. The van der Waals surface area contributed by atoms with Crippen molar-refractivity contribution in [3.8, 4) is 11.3 Å². The molecule has 0 unspecified atom stereocenters. The molecule has 0 spiro atoms. The second kappa shape index (κ2) is 12.3. The number of nitrogens with zero attached hydrogens (tertiary/aromatic N) is 2. The van der Waals surface area contributed by atoms with Gasteiger partial charge >= 0.3 is 0 Å². The van der Waals surface area contributed by atoms with Gasteiger partial charge in [-0.3, -0.25) is 0 Å². The van der Waals surface area contributed by atoms with Crippen LogP contribution in [0.5, 0.6) is 0 Å². The number of methoxy groups -OCH3 is 1. The number of hydrogen-bond donors (Lipinski definition) is 3. The zero-order chi connectivity index (χ0) is 23.0. The maximum Gasteiger partial charge on any atom is 0.183 e. The van der Waals surface area contributed by atoms with E-state index < -0.39 is 0 Å². The van der Waals surface area contributed by atoms with Crippen LogP contribution in [0.25, 0.3) is 11.3 Å². The summed E-state index contributed by atoms with van der Waals surface area (Å²) in [7, 11) is 1.75. The Labute approximate surface area is 206 Å². The molecule has 0 aromatic carbocycles. The number of ether oxygens (including phenoxy) is 2. The minimum Gasteiger partial charge on any atom is -0.383 e. The highest BCUT2D eigenvalue weighted by atomic mass is 35.5. The lowest BCUT2D eigenvalue weighted by molar-refractivity contribution is 0.0699. The Balaban J connectivity index is 1.30. The summed E-state index contributed by atoms with van der Waals surface area (Å²) < 4.78 is 10.7. The Morgan fingerprint density at radius 1 is 1.18 bits per heavy atom. The molecule has 3 heterocycles. The van der Waals surface area contributed by atoms with E-state index in [9.17, 15) is 0 Å². The molecule has 2 fully saturated rings. The third kappa shape index (κ3) is 7.26. The number of halogens is 1. The van der Waals surface area contributed by atoms with Gasteiger partial charge in [0.05, 0.1) is 17.3 Å². The Bertz CT molecular complexity index is 868. The molecule has 2 aliphatic rings. The van der Waals surface area contributed by atoms with E-state index in [1.165, 1.54) is 0 Å². The number of thiazole rings is 1. The smallest absolute Gasteiger partial charge is 0.183 e. The van der Waals surface area contributed by atoms with Gasteiger partial charge in [-0.1, -0.05) is 11.6 Å². The van der Waals surface area contributed by atoms with Crippen LogP contribution < -0.4 is 16.0 Å². The Morgan fingerprint density at radius 3 is 2.70 bits per heavy atom. The van der Waals surface area contributed by atoms with Gasteiger partial charge in [-0.2, -0.15) is 0 Å². The SMILES string of the molecule is COC[C@@H](C)NC1CCC(Nc2cc(-c3csc(NCC4CCOCC4)n3)c(Cl)cn2)CC1. The van der Waals surface area contributed by atoms with Crippen molar-refractivity contribution in [1.82, 2.24) is 15.3 Å². The number of aromatic nitrogens is 2. The molecule has 182 valence electrons. The lowest BCUT2D eigenvalue weighted by Crippen LogP contribution is -2.42. The van der Waals surface area contributed by atoms with Crippen LogP contribution in [0.15, 0.2) is 17.6 Å². The summed E-state index contributed by atoms with van der Waals surface area (Å²) in [5, 5.41) is 14.4. The van der Waals surface area contributed by atoms with E-state index in [-0.39, 0.29) is 0 Å². The summed E-state index contributed by atoms with van der Waals surface area (Å²) in [6, 6.07) is 3.41. The molecule has 0 amide bonds. The predicted octanol–water partition coefficient (Wildman–Crippen LogP) is 5.04. The lowest BCUT2D eigenvalue weighted by Gasteiger charge is -2.31. The first-order chi connectivity index (χ1) is 16.1. The second-order valence-electron chi connectivity index (χ2n) is 9.24. The monoisotopic (exact) mass is 493 g/mol. The molecule has 1 aliphatic carbocycles. The predicted molar refractivity (Wildman–Crippen MR) is 137 cm³/mol. The van der Waals surface area contributed by atoms with Crippen molar-refractivity contribution >= 4 is 33.9 Å². The van der Waals surface area contributed by atoms with E-state index in [1.807, 2.05) is 6.07 Å². The fourth-order valence-corrected chi connectivity index (χ4v) is 5.61. The first kappa shape index (κ1) is 24.7. The summed E-state index contributed by atoms with van der Waals surface area (Å²) in [5.41, 5.74) is 1.82. The van der Waals surface area contributed by atoms with E-state index in [1.54, 1.807) is 24.6 Å². The van der Waals surface area contributed by atoms with Gasteiger partial charge in [0.2, 0.25) is 0 Å². The fourth-order valence-electron chi connectivity index (χ4n) is 4.69. The molecular formula is C24H36ClN5O2S. The van der Waals surface area contributed by atoms with Crippen LogP contribution in [0.1, 0.15) is 45.4 Å². The Morgan fingerprint density at radius 2 is 1.94 bits per heavy atom. The molecule has 0 radical (unpaired) electrons. The standard InChI is InChI=1S/C24H36ClN5O2S/c1-16(14-31-2)28-18-3-5-19(6-4-18)29-23-11-20(21(25)13-26-23)22-15-33-24(30-22)27-12-17-7-9-32-10-8-17/h11,13,15-19,28H,3-10,12,14H2,1-2H3,(H,26,29)(H,27,30)/t16-,18?,19?/m1/s1. The molecular weight excluding hydrogens is 458 g/mol. The molecule has 1 atom stereocenters. The van der Waals surface area contributed by atoms with Crippen molar-refractivity contribution in [1.29, 1.82) is 0 Å². The van der Waals surface area contributed by atoms with E-state index in [4.69, 9.17) is 26.1 Å². The van der Waals surface area contributed by atoms with Crippen LogP contribution in [-0.2, 0) is 9.47 Å². The molecule has 7 nitrogen and oxygen atoms in total. The quantitative estimate of drug-likeness (QED) is 0.427. The van der Waals surface area contributed by atoms with Gasteiger partial charge < -0.3 is 25.4 Å². The number of pyridine rings is 1. The highest BCUT2D eigenvalue weighted by Gasteiger charge is 2.23. The molecule has 3 N–H and O–H groups in total. The molecule has 9 heteroatoms. The van der Waals surface area contributed by atoms with Gasteiger partial charge in [0.1, 0.15) is 5.82 Å². The van der Waals surface area contributed by atoms with Crippen molar-refractivity contribution in [3.63, 3.8) is 0 Å². The molecule has 4 rings (SSSR count). The van der Waals surface area contributed by atoms with Gasteiger partial charge in [-0.05, 0) is 57.4 Å². The largest absolute Gasteiger partial charge is 0.383 e. The number of rotatable bonds is 10. The first-order valence-electron chi connectivity index (χ1n) is 12.0. The van der Waals surface area contributed by atoms with Gasteiger partial charge in [0.15, 0.2) is 5.13 Å². The fraction of sp³-hybridized carbons (Fsp3) is 0.667. The molecule has 0 bridgehead atoms. The summed E-state index contributed by atoms with van der Waals surface area (Å²) in [5.74, 6) is 1.52. The molecule has 2 aromatic heterocycles.